The van der Waals surface area contributed by atoms with Crippen LogP contribution in [0.2, 0.25) is 0 Å². The number of hydrogen-bond acceptors (Lipinski definition) is 3. The number of amides is 1. The minimum absolute atomic E-state index is 0.120. The van der Waals surface area contributed by atoms with Crippen LogP contribution in [-0.2, 0) is 9.53 Å². The van der Waals surface area contributed by atoms with Gasteiger partial charge in [0.1, 0.15) is 0 Å². The van der Waals surface area contributed by atoms with Crippen molar-refractivity contribution in [3.63, 3.8) is 0 Å². The molecule has 1 aliphatic rings. The Morgan fingerprint density at radius 3 is 2.40 bits per heavy atom. The highest BCUT2D eigenvalue weighted by Gasteiger charge is 2.26. The van der Waals surface area contributed by atoms with E-state index in [-0.39, 0.29) is 24.0 Å². The summed E-state index contributed by atoms with van der Waals surface area (Å²) in [5.41, 5.74) is 7.59. The Hall–Kier alpha value is -1.55. The van der Waals surface area contributed by atoms with Crippen molar-refractivity contribution in [3.8, 4) is 0 Å². The predicted octanol–water partition coefficient (Wildman–Crippen LogP) is 2.40. The smallest absolute Gasteiger partial charge is 0.223 e. The fourth-order valence-corrected chi connectivity index (χ4v) is 2.71. The fourth-order valence-electron chi connectivity index (χ4n) is 2.71. The van der Waals surface area contributed by atoms with Crippen molar-refractivity contribution >= 4 is 11.6 Å². The molecule has 2 rings (SSSR count). The van der Waals surface area contributed by atoms with Gasteiger partial charge in [0.15, 0.2) is 0 Å². The van der Waals surface area contributed by atoms with Gasteiger partial charge in [0, 0.05) is 25.2 Å². The van der Waals surface area contributed by atoms with E-state index in [9.17, 15) is 4.79 Å². The lowest BCUT2D eigenvalue weighted by Crippen LogP contribution is -2.48. The van der Waals surface area contributed by atoms with Gasteiger partial charge in [0.2, 0.25) is 5.91 Å². The maximum Gasteiger partial charge on any atom is 0.223 e. The van der Waals surface area contributed by atoms with E-state index in [0.29, 0.717) is 19.5 Å². The zero-order chi connectivity index (χ0) is 14.7. The molecule has 1 amide bonds. The molecule has 1 aromatic rings. The molecule has 1 aliphatic heterocycles. The maximum atomic E-state index is 12.4. The quantitative estimate of drug-likeness (QED) is 0.862. The molecular formula is C16H24N2O2. The molecule has 0 bridgehead atoms. The average Bonchev–Trinajstić information content (AvgIpc) is 2.38. The molecule has 1 fully saturated rings. The van der Waals surface area contributed by atoms with Crippen LogP contribution < -0.4 is 5.73 Å². The zero-order valence-electron chi connectivity index (χ0n) is 12.5. The Morgan fingerprint density at radius 1 is 1.30 bits per heavy atom. The van der Waals surface area contributed by atoms with Crippen LogP contribution in [0.4, 0.5) is 5.69 Å². The Kier molecular flexibility index (Phi) is 4.65. The van der Waals surface area contributed by atoms with E-state index < -0.39 is 0 Å². The topological polar surface area (TPSA) is 55.6 Å². The van der Waals surface area contributed by atoms with Gasteiger partial charge in [0.05, 0.1) is 12.2 Å². The number of carbonyl (C=O) groups is 1. The zero-order valence-corrected chi connectivity index (χ0v) is 12.5. The van der Waals surface area contributed by atoms with Gasteiger partial charge in [-0.05, 0) is 37.5 Å². The molecule has 1 aromatic carbocycles. The number of anilines is 1. The summed E-state index contributed by atoms with van der Waals surface area (Å²) >= 11 is 0. The van der Waals surface area contributed by atoms with Crippen molar-refractivity contribution in [1.29, 1.82) is 0 Å². The Balaban J connectivity index is 1.95. The molecule has 110 valence electrons. The molecule has 1 heterocycles. The average molecular weight is 276 g/mol. The van der Waals surface area contributed by atoms with Crippen LogP contribution in [0.25, 0.3) is 0 Å². The molecule has 2 N–H and O–H groups in total. The number of nitrogens with two attached hydrogens (primary N) is 1. The van der Waals surface area contributed by atoms with Crippen molar-refractivity contribution in [2.75, 3.05) is 18.8 Å². The van der Waals surface area contributed by atoms with Crippen molar-refractivity contribution in [1.82, 2.24) is 4.90 Å². The Labute approximate surface area is 120 Å². The second-order valence-corrected chi connectivity index (χ2v) is 5.83. The number of rotatable bonds is 3. The number of morpholine rings is 1. The van der Waals surface area contributed by atoms with Gasteiger partial charge in [-0.1, -0.05) is 19.1 Å². The second-order valence-electron chi connectivity index (χ2n) is 5.83. The van der Waals surface area contributed by atoms with Crippen LogP contribution in [0, 0.1) is 0 Å². The molecule has 20 heavy (non-hydrogen) atoms. The van der Waals surface area contributed by atoms with Crippen LogP contribution in [-0.4, -0.2) is 36.1 Å². The van der Waals surface area contributed by atoms with E-state index in [2.05, 4.69) is 6.92 Å². The summed E-state index contributed by atoms with van der Waals surface area (Å²) in [6, 6.07) is 7.76. The number of nitrogen functional groups attached to an aromatic ring is 1. The van der Waals surface area contributed by atoms with E-state index in [4.69, 9.17) is 10.5 Å². The third kappa shape index (κ3) is 3.73. The van der Waals surface area contributed by atoms with E-state index in [1.54, 1.807) is 0 Å². The molecular weight excluding hydrogens is 252 g/mol. The van der Waals surface area contributed by atoms with E-state index in [1.807, 2.05) is 43.0 Å². The van der Waals surface area contributed by atoms with Crippen LogP contribution in [0.5, 0.6) is 0 Å². The summed E-state index contributed by atoms with van der Waals surface area (Å²) in [6.07, 6.45) is 0.771. The molecule has 4 heteroatoms. The Bertz CT molecular complexity index is 448. The lowest BCUT2D eigenvalue weighted by Gasteiger charge is -2.35. The summed E-state index contributed by atoms with van der Waals surface area (Å²) in [7, 11) is 0. The molecule has 0 radical (unpaired) electrons. The summed E-state index contributed by atoms with van der Waals surface area (Å²) in [4.78, 5) is 14.3. The lowest BCUT2D eigenvalue weighted by atomic mass is 9.96. The van der Waals surface area contributed by atoms with Gasteiger partial charge >= 0.3 is 0 Å². The maximum absolute atomic E-state index is 12.4. The van der Waals surface area contributed by atoms with E-state index in [0.717, 1.165) is 11.3 Å². The van der Waals surface area contributed by atoms with Crippen molar-refractivity contribution < 1.29 is 9.53 Å². The van der Waals surface area contributed by atoms with Gasteiger partial charge in [-0.2, -0.15) is 0 Å². The highest BCUT2D eigenvalue weighted by atomic mass is 16.5. The lowest BCUT2D eigenvalue weighted by molar-refractivity contribution is -0.143. The molecule has 0 saturated carbocycles. The first-order valence-electron chi connectivity index (χ1n) is 7.24. The minimum atomic E-state index is 0.120. The molecule has 0 aromatic heterocycles. The fraction of sp³-hybridized carbons (Fsp3) is 0.562. The second kappa shape index (κ2) is 6.27. The normalized spacial score (nSPS) is 24.4. The van der Waals surface area contributed by atoms with Gasteiger partial charge in [-0.25, -0.2) is 0 Å². The minimum Gasteiger partial charge on any atom is -0.399 e. The van der Waals surface area contributed by atoms with Crippen molar-refractivity contribution in [3.05, 3.63) is 29.8 Å². The summed E-state index contributed by atoms with van der Waals surface area (Å²) in [5, 5.41) is 0. The summed E-state index contributed by atoms with van der Waals surface area (Å²) in [5.74, 6) is 0.410. The standard InChI is InChI=1S/C16H24N2O2/c1-11(14-4-6-15(17)7-5-14)8-16(19)18-9-12(2)20-13(3)10-18/h4-7,11-13H,8-10,17H2,1-3H3. The number of benzene rings is 1. The SMILES string of the molecule is CC1CN(C(=O)CC(C)c2ccc(N)cc2)CC(C)O1. The molecule has 1 saturated heterocycles. The van der Waals surface area contributed by atoms with Crippen LogP contribution in [0.1, 0.15) is 38.7 Å². The van der Waals surface area contributed by atoms with Crippen LogP contribution in [0.15, 0.2) is 24.3 Å². The van der Waals surface area contributed by atoms with Gasteiger partial charge in [-0.15, -0.1) is 0 Å². The van der Waals surface area contributed by atoms with Crippen LogP contribution in [0.3, 0.4) is 0 Å². The first kappa shape index (κ1) is 14.9. The predicted molar refractivity (Wildman–Crippen MR) is 80.5 cm³/mol. The monoisotopic (exact) mass is 276 g/mol. The Morgan fingerprint density at radius 2 is 1.85 bits per heavy atom. The van der Waals surface area contributed by atoms with E-state index in [1.165, 1.54) is 0 Å². The highest BCUT2D eigenvalue weighted by molar-refractivity contribution is 5.77. The van der Waals surface area contributed by atoms with Crippen molar-refractivity contribution in [2.24, 2.45) is 0 Å². The van der Waals surface area contributed by atoms with E-state index >= 15 is 0 Å². The number of ether oxygens (including phenoxy) is 1. The van der Waals surface area contributed by atoms with Crippen molar-refractivity contribution in [2.45, 2.75) is 45.3 Å². The highest BCUT2D eigenvalue weighted by Crippen LogP contribution is 2.22. The summed E-state index contributed by atoms with van der Waals surface area (Å²) in [6.45, 7) is 7.49. The van der Waals surface area contributed by atoms with Gasteiger partial charge < -0.3 is 15.4 Å². The molecule has 0 aliphatic carbocycles. The molecule has 4 nitrogen and oxygen atoms in total. The molecule has 3 unspecified atom stereocenters. The third-order valence-corrected chi connectivity index (χ3v) is 3.76. The third-order valence-electron chi connectivity index (χ3n) is 3.76. The molecule has 0 spiro atoms. The first-order chi connectivity index (χ1) is 9.45. The van der Waals surface area contributed by atoms with Crippen LogP contribution >= 0.6 is 0 Å². The summed E-state index contributed by atoms with van der Waals surface area (Å²) < 4.78 is 5.66. The van der Waals surface area contributed by atoms with Gasteiger partial charge in [-0.3, -0.25) is 4.79 Å². The number of nitrogens with zero attached hydrogens (tertiary/aromatic N) is 1. The largest absolute Gasteiger partial charge is 0.399 e. The number of carbonyl (C=O) groups excluding carboxylic acids is 1. The number of hydrogen-bond donors (Lipinski definition) is 1. The molecule has 3 atom stereocenters. The van der Waals surface area contributed by atoms with Gasteiger partial charge in [0.25, 0.3) is 0 Å². The first-order valence-corrected chi connectivity index (χ1v) is 7.24.